The summed E-state index contributed by atoms with van der Waals surface area (Å²) in [5, 5.41) is 9.72. The van der Waals surface area contributed by atoms with Gasteiger partial charge in [-0.3, -0.25) is 4.79 Å². The molecular weight excluding hydrogens is 258 g/mol. The maximum Gasteiger partial charge on any atom is 0.252 e. The lowest BCUT2D eigenvalue weighted by atomic mass is 9.99. The Labute approximate surface area is 118 Å². The molecule has 0 fully saturated rings. The highest BCUT2D eigenvalue weighted by Crippen LogP contribution is 2.22. The number of aliphatic hydroxyl groups excluding tert-OH is 1. The Balaban J connectivity index is 1.98. The van der Waals surface area contributed by atoms with Crippen molar-refractivity contribution in [1.29, 1.82) is 0 Å². The number of hydrogen-bond acceptors (Lipinski definition) is 3. The molecule has 0 bridgehead atoms. The zero-order valence-corrected chi connectivity index (χ0v) is 11.9. The fourth-order valence-corrected chi connectivity index (χ4v) is 2.68. The van der Waals surface area contributed by atoms with Crippen LogP contribution >= 0.6 is 11.8 Å². The molecule has 1 aliphatic heterocycles. The fourth-order valence-electron chi connectivity index (χ4n) is 2.22. The van der Waals surface area contributed by atoms with Crippen LogP contribution in [0.1, 0.15) is 12.0 Å². The molecule has 1 aromatic carbocycles. The summed E-state index contributed by atoms with van der Waals surface area (Å²) >= 11 is 1.49. The van der Waals surface area contributed by atoms with Crippen molar-refractivity contribution in [3.8, 4) is 0 Å². The lowest BCUT2D eigenvalue weighted by Crippen LogP contribution is -2.42. The highest BCUT2D eigenvalue weighted by Gasteiger charge is 2.23. The van der Waals surface area contributed by atoms with E-state index >= 15 is 0 Å². The van der Waals surface area contributed by atoms with Gasteiger partial charge in [0, 0.05) is 18.8 Å². The van der Waals surface area contributed by atoms with E-state index in [1.807, 2.05) is 24.5 Å². The van der Waals surface area contributed by atoms with Gasteiger partial charge in [0.15, 0.2) is 0 Å². The SMILES string of the molecule is CSCC(O)C(=O)N1CC=C(c2ccccc2)CC1. The lowest BCUT2D eigenvalue weighted by Gasteiger charge is -2.28. The van der Waals surface area contributed by atoms with Gasteiger partial charge in [-0.1, -0.05) is 36.4 Å². The van der Waals surface area contributed by atoms with Crippen LogP contribution in [-0.4, -0.2) is 47.1 Å². The van der Waals surface area contributed by atoms with Gasteiger partial charge in [-0.15, -0.1) is 0 Å². The van der Waals surface area contributed by atoms with Gasteiger partial charge < -0.3 is 10.0 Å². The average Bonchev–Trinajstić information content (AvgIpc) is 2.48. The first-order chi connectivity index (χ1) is 9.22. The number of thioether (sulfide) groups is 1. The van der Waals surface area contributed by atoms with Crippen molar-refractivity contribution in [3.05, 3.63) is 42.0 Å². The number of rotatable bonds is 4. The van der Waals surface area contributed by atoms with Gasteiger partial charge in [-0.05, 0) is 23.8 Å². The van der Waals surface area contributed by atoms with Crippen molar-refractivity contribution >= 4 is 23.2 Å². The summed E-state index contributed by atoms with van der Waals surface area (Å²) in [5.74, 6) is 0.308. The van der Waals surface area contributed by atoms with Crippen molar-refractivity contribution in [2.24, 2.45) is 0 Å². The minimum absolute atomic E-state index is 0.155. The molecule has 1 aromatic rings. The third-order valence-electron chi connectivity index (χ3n) is 3.27. The van der Waals surface area contributed by atoms with Gasteiger partial charge in [0.05, 0.1) is 0 Å². The van der Waals surface area contributed by atoms with E-state index < -0.39 is 6.10 Å². The van der Waals surface area contributed by atoms with Gasteiger partial charge in [0.2, 0.25) is 0 Å². The standard InChI is InChI=1S/C15H19NO2S/c1-19-11-14(17)15(18)16-9-7-13(8-10-16)12-5-3-2-4-6-12/h2-7,14,17H,8-11H2,1H3. The number of carbonyl (C=O) groups excluding carboxylic acids is 1. The molecule has 1 heterocycles. The summed E-state index contributed by atoms with van der Waals surface area (Å²) in [6, 6.07) is 10.2. The van der Waals surface area contributed by atoms with Crippen LogP contribution in [0.15, 0.2) is 36.4 Å². The van der Waals surface area contributed by atoms with Crippen LogP contribution in [0.2, 0.25) is 0 Å². The molecule has 0 aliphatic carbocycles. The van der Waals surface area contributed by atoms with E-state index in [0.717, 1.165) is 6.42 Å². The molecule has 0 radical (unpaired) electrons. The van der Waals surface area contributed by atoms with Crippen LogP contribution in [0.5, 0.6) is 0 Å². The Morgan fingerprint density at radius 3 is 2.74 bits per heavy atom. The quantitative estimate of drug-likeness (QED) is 0.915. The van der Waals surface area contributed by atoms with Crippen LogP contribution in [0.3, 0.4) is 0 Å². The fraction of sp³-hybridized carbons (Fsp3) is 0.400. The van der Waals surface area contributed by atoms with Crippen molar-refractivity contribution in [2.75, 3.05) is 25.1 Å². The molecule has 1 N–H and O–H groups in total. The Morgan fingerprint density at radius 1 is 1.42 bits per heavy atom. The molecule has 0 spiro atoms. The number of hydrogen-bond donors (Lipinski definition) is 1. The van der Waals surface area contributed by atoms with Crippen molar-refractivity contribution < 1.29 is 9.90 Å². The first-order valence-corrected chi connectivity index (χ1v) is 7.82. The molecule has 2 rings (SSSR count). The van der Waals surface area contributed by atoms with E-state index in [1.165, 1.54) is 22.9 Å². The van der Waals surface area contributed by atoms with E-state index in [4.69, 9.17) is 0 Å². The number of nitrogens with zero attached hydrogens (tertiary/aromatic N) is 1. The predicted molar refractivity (Wildman–Crippen MR) is 80.0 cm³/mol. The predicted octanol–water partition coefficient (Wildman–Crippen LogP) is 2.03. The Morgan fingerprint density at radius 2 is 2.16 bits per heavy atom. The van der Waals surface area contributed by atoms with Crippen LogP contribution in [0.4, 0.5) is 0 Å². The molecule has 0 saturated carbocycles. The van der Waals surface area contributed by atoms with E-state index in [9.17, 15) is 9.90 Å². The second-order valence-corrected chi connectivity index (χ2v) is 5.51. The highest BCUT2D eigenvalue weighted by atomic mass is 32.2. The molecule has 1 aliphatic rings. The molecule has 3 nitrogen and oxygen atoms in total. The van der Waals surface area contributed by atoms with Crippen molar-refractivity contribution in [3.63, 3.8) is 0 Å². The van der Waals surface area contributed by atoms with Gasteiger partial charge in [0.1, 0.15) is 6.10 Å². The van der Waals surface area contributed by atoms with Crippen LogP contribution in [-0.2, 0) is 4.79 Å². The summed E-state index contributed by atoms with van der Waals surface area (Å²) in [6.45, 7) is 1.28. The molecule has 1 amide bonds. The molecule has 102 valence electrons. The molecule has 1 atom stereocenters. The van der Waals surface area contributed by atoms with E-state index in [0.29, 0.717) is 18.8 Å². The van der Waals surface area contributed by atoms with Gasteiger partial charge in [-0.2, -0.15) is 11.8 Å². The largest absolute Gasteiger partial charge is 0.382 e. The first-order valence-electron chi connectivity index (χ1n) is 6.42. The number of amides is 1. The summed E-state index contributed by atoms with van der Waals surface area (Å²) in [5.41, 5.74) is 2.50. The van der Waals surface area contributed by atoms with Crippen LogP contribution in [0.25, 0.3) is 5.57 Å². The average molecular weight is 277 g/mol. The Kier molecular flexibility index (Phi) is 5.05. The molecule has 1 unspecified atom stereocenters. The minimum Gasteiger partial charge on any atom is -0.382 e. The lowest BCUT2D eigenvalue weighted by molar-refractivity contribution is -0.138. The van der Waals surface area contributed by atoms with Crippen LogP contribution < -0.4 is 0 Å². The van der Waals surface area contributed by atoms with E-state index in [-0.39, 0.29) is 5.91 Å². The maximum atomic E-state index is 12.0. The summed E-state index contributed by atoms with van der Waals surface area (Å²) < 4.78 is 0. The zero-order valence-electron chi connectivity index (χ0n) is 11.1. The zero-order chi connectivity index (χ0) is 13.7. The minimum atomic E-state index is -0.873. The van der Waals surface area contributed by atoms with Gasteiger partial charge in [0.25, 0.3) is 5.91 Å². The monoisotopic (exact) mass is 277 g/mol. The normalized spacial score (nSPS) is 16.9. The first kappa shape index (κ1) is 14.2. The second kappa shape index (κ2) is 6.78. The van der Waals surface area contributed by atoms with Crippen molar-refractivity contribution in [1.82, 2.24) is 4.90 Å². The van der Waals surface area contributed by atoms with Gasteiger partial charge >= 0.3 is 0 Å². The summed E-state index contributed by atoms with van der Waals surface area (Å²) in [4.78, 5) is 13.7. The summed E-state index contributed by atoms with van der Waals surface area (Å²) in [7, 11) is 0. The smallest absolute Gasteiger partial charge is 0.252 e. The van der Waals surface area contributed by atoms with Crippen LogP contribution in [0, 0.1) is 0 Å². The number of carbonyl (C=O) groups is 1. The van der Waals surface area contributed by atoms with E-state index in [1.54, 1.807) is 4.90 Å². The number of aliphatic hydroxyl groups is 1. The highest BCUT2D eigenvalue weighted by molar-refractivity contribution is 7.98. The number of benzene rings is 1. The van der Waals surface area contributed by atoms with Crippen molar-refractivity contribution in [2.45, 2.75) is 12.5 Å². The maximum absolute atomic E-state index is 12.0. The second-order valence-electron chi connectivity index (χ2n) is 4.60. The third kappa shape index (κ3) is 3.61. The Hall–Kier alpha value is -1.26. The molecule has 4 heteroatoms. The molecule has 0 aromatic heterocycles. The van der Waals surface area contributed by atoms with Gasteiger partial charge in [-0.25, -0.2) is 0 Å². The molecular formula is C15H19NO2S. The summed E-state index contributed by atoms with van der Waals surface area (Å²) in [6.07, 6.45) is 3.95. The third-order valence-corrected chi connectivity index (χ3v) is 3.92. The topological polar surface area (TPSA) is 40.5 Å². The molecule has 19 heavy (non-hydrogen) atoms. The molecule has 0 saturated heterocycles. The Bertz CT molecular complexity index is 458. The van der Waals surface area contributed by atoms with E-state index in [2.05, 4.69) is 18.2 Å².